The van der Waals surface area contributed by atoms with Gasteiger partial charge in [0.15, 0.2) is 5.78 Å². The van der Waals surface area contributed by atoms with Crippen LogP contribution in [0.5, 0.6) is 0 Å². The Hall–Kier alpha value is -0.370. The summed E-state index contributed by atoms with van der Waals surface area (Å²) in [5.41, 5.74) is 0.246. The molecular weight excluding hydrogens is 241 g/mol. The third kappa shape index (κ3) is 2.48. The summed E-state index contributed by atoms with van der Waals surface area (Å²) in [5, 5.41) is 8.40. The quantitative estimate of drug-likeness (QED) is 0.427. The molecule has 0 unspecified atom stereocenters. The van der Waals surface area contributed by atoms with Crippen molar-refractivity contribution in [3.05, 3.63) is 9.66 Å². The first-order valence-corrected chi connectivity index (χ1v) is 4.12. The zero-order chi connectivity index (χ0) is 8.15. The molecule has 0 aliphatic rings. The second-order valence-corrected chi connectivity index (χ2v) is 2.78. The van der Waals surface area contributed by atoms with Crippen LogP contribution >= 0.6 is 22.6 Å². The molecule has 0 spiro atoms. The van der Waals surface area contributed by atoms with Crippen LogP contribution in [0, 0.1) is 17.2 Å². The van der Waals surface area contributed by atoms with E-state index in [0.717, 1.165) is 0 Å². The van der Waals surface area contributed by atoms with Gasteiger partial charge in [0.2, 0.25) is 0 Å². The van der Waals surface area contributed by atoms with Gasteiger partial charge in [-0.3, -0.25) is 4.79 Å². The third-order valence-corrected chi connectivity index (χ3v) is 1.64. The lowest BCUT2D eigenvalue weighted by Gasteiger charge is -1.98. The van der Waals surface area contributed by atoms with Crippen molar-refractivity contribution >= 4 is 28.4 Å². The largest absolute Gasteiger partial charge is 0.293 e. The lowest BCUT2D eigenvalue weighted by atomic mass is 10.0. The molecule has 0 aromatic heterocycles. The minimum absolute atomic E-state index is 0.0827. The van der Waals surface area contributed by atoms with E-state index in [1.54, 1.807) is 13.8 Å². The standard InChI is InChI=1S/C7H8INO/c1-5(2)7(10)6(3-8)4-9/h3,5H,1-2H3/b6-3+. The van der Waals surface area contributed by atoms with E-state index < -0.39 is 0 Å². The van der Waals surface area contributed by atoms with Crippen LogP contribution in [-0.2, 0) is 4.79 Å². The molecule has 0 atom stereocenters. The number of hydrogen-bond acceptors (Lipinski definition) is 2. The summed E-state index contributed by atoms with van der Waals surface area (Å²) in [5.74, 6) is -0.169. The molecule has 2 nitrogen and oxygen atoms in total. The van der Waals surface area contributed by atoms with E-state index >= 15 is 0 Å². The van der Waals surface area contributed by atoms with Crippen molar-refractivity contribution in [1.82, 2.24) is 0 Å². The lowest BCUT2D eigenvalue weighted by molar-refractivity contribution is -0.117. The predicted octanol–water partition coefficient (Wildman–Crippen LogP) is 2.05. The van der Waals surface area contributed by atoms with Gasteiger partial charge in [-0.2, -0.15) is 5.26 Å². The fourth-order valence-corrected chi connectivity index (χ4v) is 0.890. The first-order valence-electron chi connectivity index (χ1n) is 2.88. The van der Waals surface area contributed by atoms with Gasteiger partial charge in [0, 0.05) is 5.92 Å². The van der Waals surface area contributed by atoms with Crippen LogP contribution in [0.1, 0.15) is 13.8 Å². The van der Waals surface area contributed by atoms with Gasteiger partial charge in [-0.05, 0) is 4.08 Å². The average Bonchev–Trinajstić information content (AvgIpc) is 1.90. The van der Waals surface area contributed by atoms with Gasteiger partial charge in [0.05, 0.1) is 0 Å². The number of halogens is 1. The maximum Gasteiger partial charge on any atom is 0.176 e. The monoisotopic (exact) mass is 249 g/mol. The van der Waals surface area contributed by atoms with Crippen molar-refractivity contribution in [3.8, 4) is 6.07 Å². The van der Waals surface area contributed by atoms with Crippen LogP contribution in [0.15, 0.2) is 9.66 Å². The van der Waals surface area contributed by atoms with Crippen LogP contribution in [0.3, 0.4) is 0 Å². The van der Waals surface area contributed by atoms with Gasteiger partial charge in [-0.15, -0.1) is 0 Å². The number of hydrogen-bond donors (Lipinski definition) is 0. The van der Waals surface area contributed by atoms with E-state index in [4.69, 9.17) is 5.26 Å². The molecule has 3 heteroatoms. The highest BCUT2D eigenvalue weighted by Crippen LogP contribution is 2.06. The van der Waals surface area contributed by atoms with E-state index in [9.17, 15) is 4.79 Å². The molecule has 0 fully saturated rings. The zero-order valence-corrected chi connectivity index (χ0v) is 8.05. The van der Waals surface area contributed by atoms with Gasteiger partial charge >= 0.3 is 0 Å². The minimum Gasteiger partial charge on any atom is -0.293 e. The van der Waals surface area contributed by atoms with Crippen LogP contribution < -0.4 is 0 Å². The first kappa shape index (κ1) is 9.63. The smallest absolute Gasteiger partial charge is 0.176 e. The summed E-state index contributed by atoms with van der Waals surface area (Å²) in [6.45, 7) is 3.56. The zero-order valence-electron chi connectivity index (χ0n) is 5.89. The van der Waals surface area contributed by atoms with Gasteiger partial charge in [-0.1, -0.05) is 36.4 Å². The normalized spacial score (nSPS) is 11.3. The Kier molecular flexibility index (Phi) is 4.28. The fourth-order valence-electron chi connectivity index (χ4n) is 0.444. The molecule has 0 aliphatic carbocycles. The molecule has 0 rings (SSSR count). The van der Waals surface area contributed by atoms with Crippen molar-refractivity contribution in [2.24, 2.45) is 5.92 Å². The molecule has 0 bridgehead atoms. The minimum atomic E-state index is -0.0862. The van der Waals surface area contributed by atoms with E-state index in [1.165, 1.54) is 4.08 Å². The van der Waals surface area contributed by atoms with Gasteiger partial charge in [-0.25, -0.2) is 0 Å². The highest BCUT2D eigenvalue weighted by Gasteiger charge is 2.11. The maximum absolute atomic E-state index is 11.0. The Morgan fingerprint density at radius 1 is 1.70 bits per heavy atom. The molecule has 0 saturated heterocycles. The second kappa shape index (κ2) is 4.45. The maximum atomic E-state index is 11.0. The van der Waals surface area contributed by atoms with E-state index in [2.05, 4.69) is 0 Å². The summed E-state index contributed by atoms with van der Waals surface area (Å²) in [7, 11) is 0. The topological polar surface area (TPSA) is 40.9 Å². The molecule has 10 heavy (non-hydrogen) atoms. The van der Waals surface area contributed by atoms with Crippen LogP contribution in [0.4, 0.5) is 0 Å². The van der Waals surface area contributed by atoms with Crippen molar-refractivity contribution in [1.29, 1.82) is 5.26 Å². The number of carbonyl (C=O) groups excluding carboxylic acids is 1. The first-order chi connectivity index (χ1) is 4.63. The summed E-state index contributed by atoms with van der Waals surface area (Å²) in [4.78, 5) is 11.0. The molecule has 0 N–H and O–H groups in total. The van der Waals surface area contributed by atoms with E-state index in [-0.39, 0.29) is 17.3 Å². The number of allylic oxidation sites excluding steroid dienone is 1. The van der Waals surface area contributed by atoms with Crippen LogP contribution in [-0.4, -0.2) is 5.78 Å². The Labute approximate surface area is 74.1 Å². The van der Waals surface area contributed by atoms with Gasteiger partial charge in [0.1, 0.15) is 11.6 Å². The molecular formula is C7H8INO. The van der Waals surface area contributed by atoms with Crippen LogP contribution in [0.2, 0.25) is 0 Å². The van der Waals surface area contributed by atoms with Crippen molar-refractivity contribution < 1.29 is 4.79 Å². The Bertz CT molecular complexity index is 200. The highest BCUT2D eigenvalue weighted by molar-refractivity contribution is 14.1. The van der Waals surface area contributed by atoms with Crippen molar-refractivity contribution in [2.75, 3.05) is 0 Å². The summed E-state index contributed by atoms with van der Waals surface area (Å²) in [6, 6.07) is 1.84. The molecule has 54 valence electrons. The van der Waals surface area contributed by atoms with Crippen LogP contribution in [0.25, 0.3) is 0 Å². The number of rotatable bonds is 2. The Morgan fingerprint density at radius 2 is 2.20 bits per heavy atom. The number of nitrogens with zero attached hydrogens (tertiary/aromatic N) is 1. The molecule has 0 aromatic carbocycles. The predicted molar refractivity (Wildman–Crippen MR) is 47.6 cm³/mol. The molecule has 0 heterocycles. The molecule has 0 radical (unpaired) electrons. The molecule has 0 saturated carbocycles. The molecule has 0 amide bonds. The van der Waals surface area contributed by atoms with E-state index in [0.29, 0.717) is 0 Å². The Morgan fingerprint density at radius 3 is 2.30 bits per heavy atom. The second-order valence-electron chi connectivity index (χ2n) is 2.15. The molecule has 0 aliphatic heterocycles. The third-order valence-electron chi connectivity index (χ3n) is 1.02. The lowest BCUT2D eigenvalue weighted by Crippen LogP contribution is -2.08. The number of ketones is 1. The SMILES string of the molecule is CC(C)C(=O)/C(C#N)=C/I. The van der Waals surface area contributed by atoms with Crippen molar-refractivity contribution in [3.63, 3.8) is 0 Å². The van der Waals surface area contributed by atoms with Crippen molar-refractivity contribution in [2.45, 2.75) is 13.8 Å². The summed E-state index contributed by atoms with van der Waals surface area (Å²) in [6.07, 6.45) is 0. The number of carbonyl (C=O) groups is 1. The number of Topliss-reactive ketones (excluding diaryl/α,β-unsaturated/α-hetero) is 1. The fraction of sp³-hybridized carbons (Fsp3) is 0.429. The average molecular weight is 249 g/mol. The molecule has 0 aromatic rings. The Balaban J connectivity index is 4.38. The summed E-state index contributed by atoms with van der Waals surface area (Å²) < 4.78 is 1.51. The van der Waals surface area contributed by atoms with Gasteiger partial charge in [0.25, 0.3) is 0 Å². The van der Waals surface area contributed by atoms with E-state index in [1.807, 2.05) is 28.7 Å². The highest BCUT2D eigenvalue weighted by atomic mass is 127. The number of nitriles is 1. The van der Waals surface area contributed by atoms with Gasteiger partial charge < -0.3 is 0 Å². The summed E-state index contributed by atoms with van der Waals surface area (Å²) >= 11 is 1.89.